The van der Waals surface area contributed by atoms with E-state index in [1.807, 2.05) is 19.1 Å². The summed E-state index contributed by atoms with van der Waals surface area (Å²) in [5.41, 5.74) is 1.68. The van der Waals surface area contributed by atoms with Crippen LogP contribution in [0.1, 0.15) is 24.6 Å². The Labute approximate surface area is 118 Å². The Bertz CT molecular complexity index is 572. The first-order valence-corrected chi connectivity index (χ1v) is 6.79. The van der Waals surface area contributed by atoms with Crippen LogP contribution in [0.4, 0.5) is 4.39 Å². The minimum absolute atomic E-state index is 0.264. The summed E-state index contributed by atoms with van der Waals surface area (Å²) in [6.07, 6.45) is 1.09. The summed E-state index contributed by atoms with van der Waals surface area (Å²) in [4.78, 5) is 4.42. The van der Waals surface area contributed by atoms with Crippen LogP contribution >= 0.6 is 0 Å². The van der Waals surface area contributed by atoms with E-state index in [1.54, 1.807) is 12.1 Å². The molecule has 1 aromatic carbocycles. The van der Waals surface area contributed by atoms with Crippen LogP contribution < -0.4 is 10.1 Å². The second-order valence-electron chi connectivity index (χ2n) is 4.66. The van der Waals surface area contributed by atoms with Crippen LogP contribution in [-0.2, 0) is 6.54 Å². The van der Waals surface area contributed by atoms with Gasteiger partial charge in [-0.05, 0) is 49.7 Å². The van der Waals surface area contributed by atoms with Gasteiger partial charge in [-0.3, -0.25) is 0 Å². The van der Waals surface area contributed by atoms with E-state index >= 15 is 0 Å². The number of rotatable bonds is 6. The number of aromatic nitrogens is 1. The predicted octanol–water partition coefficient (Wildman–Crippen LogP) is 3.82. The molecule has 0 spiro atoms. The van der Waals surface area contributed by atoms with Crippen LogP contribution in [0, 0.1) is 12.7 Å². The van der Waals surface area contributed by atoms with E-state index in [9.17, 15) is 4.39 Å². The van der Waals surface area contributed by atoms with Gasteiger partial charge in [0.2, 0.25) is 5.88 Å². The van der Waals surface area contributed by atoms with Crippen molar-refractivity contribution in [3.8, 4) is 11.6 Å². The number of nitrogens with zero attached hydrogens (tertiary/aromatic N) is 1. The second kappa shape index (κ2) is 7.01. The van der Waals surface area contributed by atoms with Gasteiger partial charge in [-0.25, -0.2) is 9.37 Å². The van der Waals surface area contributed by atoms with Gasteiger partial charge in [0.15, 0.2) is 0 Å². The van der Waals surface area contributed by atoms with Crippen molar-refractivity contribution in [3.63, 3.8) is 0 Å². The fraction of sp³-hybridized carbons (Fsp3) is 0.312. The number of ether oxygens (including phenoxy) is 1. The number of benzene rings is 1. The van der Waals surface area contributed by atoms with Crippen LogP contribution in [0.3, 0.4) is 0 Å². The van der Waals surface area contributed by atoms with Crippen molar-refractivity contribution >= 4 is 0 Å². The van der Waals surface area contributed by atoms with Crippen LogP contribution in [-0.4, -0.2) is 11.5 Å². The van der Waals surface area contributed by atoms with E-state index in [2.05, 4.69) is 17.2 Å². The molecular weight excluding hydrogens is 255 g/mol. The number of nitrogens with one attached hydrogen (secondary N) is 1. The van der Waals surface area contributed by atoms with Crippen molar-refractivity contribution in [1.29, 1.82) is 0 Å². The average molecular weight is 274 g/mol. The largest absolute Gasteiger partial charge is 0.439 e. The maximum absolute atomic E-state index is 13.0. The molecular formula is C16H19FN2O. The zero-order valence-electron chi connectivity index (χ0n) is 11.8. The lowest BCUT2D eigenvalue weighted by Gasteiger charge is -2.09. The molecule has 0 saturated carbocycles. The van der Waals surface area contributed by atoms with Crippen molar-refractivity contribution in [2.75, 3.05) is 6.54 Å². The summed E-state index contributed by atoms with van der Waals surface area (Å²) in [5, 5.41) is 3.29. The number of pyridine rings is 1. The molecule has 0 radical (unpaired) electrons. The Hall–Kier alpha value is -1.94. The van der Waals surface area contributed by atoms with E-state index in [1.165, 1.54) is 12.1 Å². The standard InChI is InChI=1S/C16H19FN2O/c1-3-9-18-11-14-5-4-6-16(19-14)20-15-8-7-13(17)10-12(15)2/h4-8,10,18H,3,9,11H2,1-2H3. The van der Waals surface area contributed by atoms with Gasteiger partial charge in [-0.1, -0.05) is 13.0 Å². The lowest BCUT2D eigenvalue weighted by molar-refractivity contribution is 0.454. The molecule has 1 N–H and O–H groups in total. The van der Waals surface area contributed by atoms with E-state index in [-0.39, 0.29) is 5.82 Å². The molecule has 0 unspecified atom stereocenters. The second-order valence-corrected chi connectivity index (χ2v) is 4.66. The number of aryl methyl sites for hydroxylation is 1. The molecule has 0 aliphatic rings. The first kappa shape index (κ1) is 14.5. The monoisotopic (exact) mass is 274 g/mol. The Balaban J connectivity index is 2.07. The lowest BCUT2D eigenvalue weighted by Crippen LogP contribution is -2.14. The fourth-order valence-electron chi connectivity index (χ4n) is 1.85. The van der Waals surface area contributed by atoms with Gasteiger partial charge in [-0.2, -0.15) is 0 Å². The van der Waals surface area contributed by atoms with Gasteiger partial charge >= 0.3 is 0 Å². The molecule has 0 aliphatic carbocycles. The van der Waals surface area contributed by atoms with Crippen LogP contribution in [0.15, 0.2) is 36.4 Å². The molecule has 4 heteroatoms. The SMILES string of the molecule is CCCNCc1cccc(Oc2ccc(F)cc2C)n1. The minimum atomic E-state index is -0.264. The lowest BCUT2D eigenvalue weighted by atomic mass is 10.2. The quantitative estimate of drug-likeness (QED) is 0.813. The highest BCUT2D eigenvalue weighted by Gasteiger charge is 2.04. The van der Waals surface area contributed by atoms with E-state index < -0.39 is 0 Å². The Kier molecular flexibility index (Phi) is 5.07. The third-order valence-corrected chi connectivity index (χ3v) is 2.87. The highest BCUT2D eigenvalue weighted by Crippen LogP contribution is 2.24. The molecule has 0 amide bonds. The molecule has 0 aliphatic heterocycles. The topological polar surface area (TPSA) is 34.1 Å². The first-order valence-electron chi connectivity index (χ1n) is 6.79. The van der Waals surface area contributed by atoms with Crippen molar-refractivity contribution in [1.82, 2.24) is 10.3 Å². The molecule has 1 aromatic heterocycles. The van der Waals surface area contributed by atoms with Gasteiger partial charge in [0.05, 0.1) is 5.69 Å². The average Bonchev–Trinajstić information content (AvgIpc) is 2.43. The molecule has 20 heavy (non-hydrogen) atoms. The maximum atomic E-state index is 13.0. The predicted molar refractivity (Wildman–Crippen MR) is 77.4 cm³/mol. The van der Waals surface area contributed by atoms with E-state index in [4.69, 9.17) is 4.74 Å². The number of hydrogen-bond donors (Lipinski definition) is 1. The van der Waals surface area contributed by atoms with Crippen LogP contribution in [0.25, 0.3) is 0 Å². The number of hydrogen-bond acceptors (Lipinski definition) is 3. The third-order valence-electron chi connectivity index (χ3n) is 2.87. The zero-order chi connectivity index (χ0) is 14.4. The first-order chi connectivity index (χ1) is 9.69. The fourth-order valence-corrected chi connectivity index (χ4v) is 1.85. The van der Waals surface area contributed by atoms with Crippen LogP contribution in [0.2, 0.25) is 0 Å². The number of halogens is 1. The summed E-state index contributed by atoms with van der Waals surface area (Å²) in [7, 11) is 0. The summed E-state index contributed by atoms with van der Waals surface area (Å²) < 4.78 is 18.7. The molecule has 2 aromatic rings. The summed E-state index contributed by atoms with van der Waals surface area (Å²) in [5.74, 6) is 0.883. The molecule has 0 atom stereocenters. The maximum Gasteiger partial charge on any atom is 0.219 e. The minimum Gasteiger partial charge on any atom is -0.439 e. The summed E-state index contributed by atoms with van der Waals surface area (Å²) >= 11 is 0. The Morgan fingerprint density at radius 2 is 2.10 bits per heavy atom. The highest BCUT2D eigenvalue weighted by atomic mass is 19.1. The molecule has 106 valence electrons. The van der Waals surface area contributed by atoms with Crippen molar-refractivity contribution in [2.24, 2.45) is 0 Å². The molecule has 0 fully saturated rings. The van der Waals surface area contributed by atoms with Gasteiger partial charge < -0.3 is 10.1 Å². The van der Waals surface area contributed by atoms with Gasteiger partial charge in [0, 0.05) is 12.6 Å². The van der Waals surface area contributed by atoms with Gasteiger partial charge in [0.25, 0.3) is 0 Å². The van der Waals surface area contributed by atoms with E-state index in [0.29, 0.717) is 18.2 Å². The van der Waals surface area contributed by atoms with Crippen molar-refractivity contribution in [2.45, 2.75) is 26.8 Å². The normalized spacial score (nSPS) is 10.6. The highest BCUT2D eigenvalue weighted by molar-refractivity contribution is 5.35. The van der Waals surface area contributed by atoms with Gasteiger partial charge in [0.1, 0.15) is 11.6 Å². The molecule has 1 heterocycles. The van der Waals surface area contributed by atoms with Gasteiger partial charge in [-0.15, -0.1) is 0 Å². The Morgan fingerprint density at radius 1 is 1.25 bits per heavy atom. The van der Waals surface area contributed by atoms with Crippen LogP contribution in [0.5, 0.6) is 11.6 Å². The smallest absolute Gasteiger partial charge is 0.219 e. The molecule has 0 bridgehead atoms. The summed E-state index contributed by atoms with van der Waals surface area (Å²) in [6.45, 7) is 5.61. The molecule has 0 saturated heterocycles. The van der Waals surface area contributed by atoms with Crippen molar-refractivity contribution < 1.29 is 9.13 Å². The molecule has 3 nitrogen and oxygen atoms in total. The molecule has 2 rings (SSSR count). The Morgan fingerprint density at radius 3 is 2.85 bits per heavy atom. The third kappa shape index (κ3) is 4.03. The zero-order valence-corrected chi connectivity index (χ0v) is 11.8. The van der Waals surface area contributed by atoms with E-state index in [0.717, 1.165) is 24.2 Å². The van der Waals surface area contributed by atoms with Crippen molar-refractivity contribution in [3.05, 3.63) is 53.5 Å². The summed E-state index contributed by atoms with van der Waals surface area (Å²) in [6, 6.07) is 10.1.